The van der Waals surface area contributed by atoms with Gasteiger partial charge in [-0.3, -0.25) is 4.79 Å². The number of nitrogens with zero attached hydrogens (tertiary/aromatic N) is 5. The number of amides is 1. The van der Waals surface area contributed by atoms with Crippen molar-refractivity contribution < 1.29 is 19.1 Å². The van der Waals surface area contributed by atoms with Gasteiger partial charge in [0.15, 0.2) is 6.23 Å². The third-order valence-corrected chi connectivity index (χ3v) is 3.66. The zero-order chi connectivity index (χ0) is 18.6. The Bertz CT molecular complexity index is 774. The summed E-state index contributed by atoms with van der Waals surface area (Å²) in [5, 5.41) is 11.4. The summed E-state index contributed by atoms with van der Waals surface area (Å²) in [6.45, 7) is 7.62. The molecule has 9 heteroatoms. The van der Waals surface area contributed by atoms with Crippen LogP contribution in [-0.2, 0) is 16.0 Å². The van der Waals surface area contributed by atoms with Gasteiger partial charge >= 0.3 is 6.16 Å². The van der Waals surface area contributed by atoms with Gasteiger partial charge in [0.25, 0.3) is 11.9 Å². The van der Waals surface area contributed by atoms with Crippen molar-refractivity contribution in [1.29, 1.82) is 0 Å². The van der Waals surface area contributed by atoms with Crippen molar-refractivity contribution in [2.45, 2.75) is 40.5 Å². The largest absolute Gasteiger partial charge is 0.509 e. The van der Waals surface area contributed by atoms with Crippen LogP contribution in [0.5, 0.6) is 0 Å². The molecule has 0 aliphatic carbocycles. The third kappa shape index (κ3) is 3.93. The van der Waals surface area contributed by atoms with Gasteiger partial charge in [-0.25, -0.2) is 14.4 Å². The number of methoxy groups -OCH3 is 1. The molecule has 0 spiro atoms. The van der Waals surface area contributed by atoms with Crippen LogP contribution >= 0.6 is 0 Å². The van der Waals surface area contributed by atoms with Crippen LogP contribution in [0, 0.1) is 13.8 Å². The van der Waals surface area contributed by atoms with Crippen molar-refractivity contribution in [3.05, 3.63) is 34.9 Å². The molecular weight excluding hydrogens is 326 g/mol. The molecule has 1 atom stereocenters. The van der Waals surface area contributed by atoms with Gasteiger partial charge in [-0.15, -0.1) is 0 Å². The van der Waals surface area contributed by atoms with E-state index in [2.05, 4.69) is 20.3 Å². The van der Waals surface area contributed by atoms with E-state index < -0.39 is 12.4 Å². The van der Waals surface area contributed by atoms with Crippen LogP contribution in [0.3, 0.4) is 0 Å². The lowest BCUT2D eigenvalue weighted by atomic mass is 10.0. The van der Waals surface area contributed by atoms with Crippen LogP contribution in [-0.4, -0.2) is 45.6 Å². The summed E-state index contributed by atoms with van der Waals surface area (Å²) in [5.74, 6) is -0.192. The van der Waals surface area contributed by atoms with Gasteiger partial charge in [-0.2, -0.15) is 0 Å². The highest BCUT2D eigenvalue weighted by molar-refractivity contribution is 6.06. The molecule has 1 aromatic carbocycles. The first kappa shape index (κ1) is 18.4. The van der Waals surface area contributed by atoms with E-state index in [4.69, 9.17) is 4.74 Å². The topological polar surface area (TPSA) is 99.4 Å². The maximum Gasteiger partial charge on any atom is 0.509 e. The average Bonchev–Trinajstić information content (AvgIpc) is 3.02. The number of carbonyl (C=O) groups is 2. The molecule has 0 radical (unpaired) electrons. The lowest BCUT2D eigenvalue weighted by Gasteiger charge is -2.27. The van der Waals surface area contributed by atoms with Gasteiger partial charge in [-0.1, -0.05) is 22.8 Å². The van der Waals surface area contributed by atoms with Gasteiger partial charge < -0.3 is 9.47 Å². The fourth-order valence-corrected chi connectivity index (χ4v) is 2.42. The SMILES string of the molecule is CCn1nnnc1N(C(=O)c1ccc(C)cc1C)C(C)OC(=O)OC. The molecule has 2 rings (SSSR count). The summed E-state index contributed by atoms with van der Waals surface area (Å²) in [7, 11) is 1.20. The minimum Gasteiger partial charge on any atom is -0.438 e. The number of carbonyl (C=O) groups excluding carboxylic acids is 2. The third-order valence-electron chi connectivity index (χ3n) is 3.66. The second-order valence-electron chi connectivity index (χ2n) is 5.46. The molecule has 134 valence electrons. The van der Waals surface area contributed by atoms with Crippen molar-refractivity contribution in [2.75, 3.05) is 12.0 Å². The Hall–Kier alpha value is -2.97. The number of rotatable bonds is 5. The molecule has 0 saturated heterocycles. The first-order chi connectivity index (χ1) is 11.9. The summed E-state index contributed by atoms with van der Waals surface area (Å²) in [4.78, 5) is 25.9. The molecule has 0 aliphatic heterocycles. The van der Waals surface area contributed by atoms with Crippen LogP contribution < -0.4 is 4.90 Å². The monoisotopic (exact) mass is 347 g/mol. The standard InChI is InChI=1S/C16H21N5O4/c1-6-20-15(17-18-19-20)21(12(4)25-16(23)24-5)14(22)13-8-7-10(2)9-11(13)3/h7-9,12H,6H2,1-5H3. The normalized spacial score (nSPS) is 11.7. The van der Waals surface area contributed by atoms with E-state index in [1.807, 2.05) is 32.9 Å². The molecule has 25 heavy (non-hydrogen) atoms. The van der Waals surface area contributed by atoms with Crippen molar-refractivity contribution in [3.8, 4) is 0 Å². The Morgan fingerprint density at radius 3 is 2.64 bits per heavy atom. The van der Waals surface area contributed by atoms with E-state index in [1.165, 1.54) is 16.7 Å². The number of hydrogen-bond acceptors (Lipinski definition) is 7. The number of tetrazole rings is 1. The predicted octanol–water partition coefficient (Wildman–Crippen LogP) is 2.09. The molecule has 2 aromatic rings. The molecule has 1 aromatic heterocycles. The maximum absolute atomic E-state index is 13.1. The van der Waals surface area contributed by atoms with E-state index in [1.54, 1.807) is 13.0 Å². The van der Waals surface area contributed by atoms with E-state index >= 15 is 0 Å². The van der Waals surface area contributed by atoms with Crippen LogP contribution in [0.15, 0.2) is 18.2 Å². The number of anilines is 1. The molecule has 0 fully saturated rings. The zero-order valence-corrected chi connectivity index (χ0v) is 14.9. The van der Waals surface area contributed by atoms with Gasteiger partial charge in [0.05, 0.1) is 7.11 Å². The van der Waals surface area contributed by atoms with Crippen molar-refractivity contribution in [1.82, 2.24) is 20.2 Å². The Balaban J connectivity index is 2.46. The molecule has 0 aliphatic rings. The van der Waals surface area contributed by atoms with Crippen molar-refractivity contribution >= 4 is 18.0 Å². The van der Waals surface area contributed by atoms with Gasteiger partial charge in [0, 0.05) is 12.1 Å². The van der Waals surface area contributed by atoms with E-state index in [0.717, 1.165) is 11.1 Å². The second-order valence-corrected chi connectivity index (χ2v) is 5.46. The molecule has 9 nitrogen and oxygen atoms in total. The summed E-state index contributed by atoms with van der Waals surface area (Å²) in [5.41, 5.74) is 2.31. The summed E-state index contributed by atoms with van der Waals surface area (Å²) < 4.78 is 11.1. The van der Waals surface area contributed by atoms with E-state index in [0.29, 0.717) is 12.1 Å². The summed E-state index contributed by atoms with van der Waals surface area (Å²) in [6.07, 6.45) is -1.86. The van der Waals surface area contributed by atoms with Crippen LogP contribution in [0.4, 0.5) is 10.7 Å². The Kier molecular flexibility index (Phi) is 5.68. The highest BCUT2D eigenvalue weighted by Gasteiger charge is 2.31. The Morgan fingerprint density at radius 2 is 2.04 bits per heavy atom. The lowest BCUT2D eigenvalue weighted by Crippen LogP contribution is -2.43. The fraction of sp³-hybridized carbons (Fsp3) is 0.438. The number of benzene rings is 1. The molecule has 0 N–H and O–H groups in total. The Morgan fingerprint density at radius 1 is 1.32 bits per heavy atom. The van der Waals surface area contributed by atoms with Crippen molar-refractivity contribution in [3.63, 3.8) is 0 Å². The van der Waals surface area contributed by atoms with Gasteiger partial charge in [0.1, 0.15) is 0 Å². The molecule has 0 saturated carbocycles. The van der Waals surface area contributed by atoms with Crippen molar-refractivity contribution in [2.24, 2.45) is 0 Å². The quantitative estimate of drug-likeness (QED) is 0.603. The molecular formula is C16H21N5O4. The number of hydrogen-bond donors (Lipinski definition) is 0. The minimum absolute atomic E-state index is 0.184. The second kappa shape index (κ2) is 7.73. The fourth-order valence-electron chi connectivity index (χ4n) is 2.42. The first-order valence-electron chi connectivity index (χ1n) is 7.80. The lowest BCUT2D eigenvalue weighted by molar-refractivity contribution is 0.0400. The van der Waals surface area contributed by atoms with E-state index in [-0.39, 0.29) is 11.9 Å². The zero-order valence-electron chi connectivity index (χ0n) is 14.9. The molecule has 1 unspecified atom stereocenters. The number of ether oxygens (including phenoxy) is 2. The number of aryl methyl sites for hydroxylation is 3. The molecule has 1 amide bonds. The van der Waals surface area contributed by atoms with Crippen LogP contribution in [0.2, 0.25) is 0 Å². The predicted molar refractivity (Wildman–Crippen MR) is 89.2 cm³/mol. The van der Waals surface area contributed by atoms with Crippen LogP contribution in [0.25, 0.3) is 0 Å². The highest BCUT2D eigenvalue weighted by atomic mass is 16.7. The molecule has 0 bridgehead atoms. The first-order valence-corrected chi connectivity index (χ1v) is 7.80. The summed E-state index contributed by atoms with van der Waals surface area (Å²) in [6, 6.07) is 5.47. The minimum atomic E-state index is -0.961. The highest BCUT2D eigenvalue weighted by Crippen LogP contribution is 2.20. The number of aromatic nitrogens is 4. The van der Waals surface area contributed by atoms with E-state index in [9.17, 15) is 9.59 Å². The summed E-state index contributed by atoms with van der Waals surface area (Å²) >= 11 is 0. The van der Waals surface area contributed by atoms with Gasteiger partial charge in [0.2, 0.25) is 0 Å². The average molecular weight is 347 g/mol. The molecule has 1 heterocycles. The van der Waals surface area contributed by atoms with Crippen LogP contribution in [0.1, 0.15) is 35.3 Å². The Labute approximate surface area is 145 Å². The maximum atomic E-state index is 13.1. The van der Waals surface area contributed by atoms with Gasteiger partial charge in [-0.05, 0) is 49.8 Å². The smallest absolute Gasteiger partial charge is 0.438 e.